The Bertz CT molecular complexity index is 776. The van der Waals surface area contributed by atoms with Crippen LogP contribution < -0.4 is 25.8 Å². The second-order valence-electron chi connectivity index (χ2n) is 5.30. The number of amides is 2. The lowest BCUT2D eigenvalue weighted by Gasteiger charge is -2.19. The average Bonchev–Trinajstić information content (AvgIpc) is 2.67. The van der Waals surface area contributed by atoms with Crippen molar-refractivity contribution in [1.29, 1.82) is 0 Å². The van der Waals surface area contributed by atoms with Crippen LogP contribution in [0.2, 0.25) is 0 Å². The SMILES string of the molecule is O=C(NO)c1ccc(C(=O)NNCc2ccc3c(c2)OCCO3)cc1. The van der Waals surface area contributed by atoms with E-state index in [-0.39, 0.29) is 11.5 Å². The molecule has 0 aliphatic carbocycles. The third kappa shape index (κ3) is 4.06. The number of hydrogen-bond donors (Lipinski definition) is 4. The highest BCUT2D eigenvalue weighted by molar-refractivity contribution is 5.97. The van der Waals surface area contributed by atoms with Crippen molar-refractivity contribution in [1.82, 2.24) is 16.3 Å². The Labute approximate surface area is 143 Å². The van der Waals surface area contributed by atoms with Gasteiger partial charge < -0.3 is 9.47 Å². The van der Waals surface area contributed by atoms with Crippen LogP contribution in [0.25, 0.3) is 0 Å². The number of carbonyl (C=O) groups excluding carboxylic acids is 2. The predicted octanol–water partition coefficient (Wildman–Crippen LogP) is 1.01. The van der Waals surface area contributed by atoms with Gasteiger partial charge in [-0.2, -0.15) is 0 Å². The standard InChI is InChI=1S/C17H17N3O5/c21-16(12-2-4-13(5-3-12)17(22)20-23)19-18-10-11-1-6-14-15(9-11)25-8-7-24-14/h1-6,9,18,23H,7-8,10H2,(H,19,21)(H,20,22). The van der Waals surface area contributed by atoms with Crippen LogP contribution >= 0.6 is 0 Å². The first-order chi connectivity index (χ1) is 12.2. The Hall–Kier alpha value is -3.10. The first-order valence-corrected chi connectivity index (χ1v) is 7.63. The van der Waals surface area contributed by atoms with Crippen molar-refractivity contribution in [2.75, 3.05) is 13.2 Å². The summed E-state index contributed by atoms with van der Waals surface area (Å²) in [4.78, 5) is 23.3. The van der Waals surface area contributed by atoms with E-state index < -0.39 is 5.91 Å². The second-order valence-corrected chi connectivity index (χ2v) is 5.30. The number of rotatable bonds is 5. The van der Waals surface area contributed by atoms with Gasteiger partial charge in [0.2, 0.25) is 0 Å². The molecule has 8 heteroatoms. The van der Waals surface area contributed by atoms with Crippen LogP contribution in [0.1, 0.15) is 26.3 Å². The molecule has 2 amide bonds. The molecule has 0 unspecified atom stereocenters. The molecule has 2 aromatic rings. The van der Waals surface area contributed by atoms with Crippen LogP contribution in [0.4, 0.5) is 0 Å². The molecule has 4 N–H and O–H groups in total. The van der Waals surface area contributed by atoms with E-state index in [4.69, 9.17) is 14.7 Å². The van der Waals surface area contributed by atoms with Crippen LogP contribution in [0.5, 0.6) is 11.5 Å². The number of hydrazine groups is 1. The molecule has 0 aromatic heterocycles. The number of ether oxygens (including phenoxy) is 2. The molecular formula is C17H17N3O5. The number of hydrogen-bond acceptors (Lipinski definition) is 6. The van der Waals surface area contributed by atoms with Gasteiger partial charge in [-0.3, -0.25) is 20.2 Å². The highest BCUT2D eigenvalue weighted by atomic mass is 16.6. The maximum atomic E-state index is 12.1. The lowest BCUT2D eigenvalue weighted by molar-refractivity contribution is 0.0706. The minimum atomic E-state index is -0.635. The molecule has 0 radical (unpaired) electrons. The van der Waals surface area contributed by atoms with Crippen LogP contribution in [-0.2, 0) is 6.54 Å². The molecular weight excluding hydrogens is 326 g/mol. The predicted molar refractivity (Wildman–Crippen MR) is 87.4 cm³/mol. The highest BCUT2D eigenvalue weighted by Gasteiger charge is 2.12. The number of benzene rings is 2. The fourth-order valence-electron chi connectivity index (χ4n) is 2.33. The zero-order chi connectivity index (χ0) is 17.6. The fraction of sp³-hybridized carbons (Fsp3) is 0.176. The first-order valence-electron chi connectivity index (χ1n) is 7.63. The zero-order valence-corrected chi connectivity index (χ0v) is 13.2. The third-order valence-electron chi connectivity index (χ3n) is 3.61. The number of carbonyl (C=O) groups is 2. The lowest BCUT2D eigenvalue weighted by Crippen LogP contribution is -2.36. The maximum absolute atomic E-state index is 12.1. The Balaban J connectivity index is 1.53. The summed E-state index contributed by atoms with van der Waals surface area (Å²) < 4.78 is 11.0. The minimum absolute atomic E-state index is 0.253. The summed E-state index contributed by atoms with van der Waals surface area (Å²) in [6.45, 7) is 1.47. The Morgan fingerprint density at radius 1 is 0.920 bits per heavy atom. The van der Waals surface area contributed by atoms with Crippen molar-refractivity contribution in [3.05, 3.63) is 59.2 Å². The van der Waals surface area contributed by atoms with Crippen molar-refractivity contribution in [2.24, 2.45) is 0 Å². The molecule has 0 saturated heterocycles. The summed E-state index contributed by atoms with van der Waals surface area (Å²) in [5.74, 6) is 0.429. The van der Waals surface area contributed by atoms with Crippen molar-refractivity contribution in [3.63, 3.8) is 0 Å². The van der Waals surface area contributed by atoms with E-state index in [9.17, 15) is 9.59 Å². The van der Waals surface area contributed by atoms with Gasteiger partial charge in [-0.1, -0.05) is 6.07 Å². The van der Waals surface area contributed by atoms with E-state index in [2.05, 4.69) is 10.9 Å². The van der Waals surface area contributed by atoms with Crippen LogP contribution in [0.3, 0.4) is 0 Å². The van der Waals surface area contributed by atoms with E-state index >= 15 is 0 Å². The largest absolute Gasteiger partial charge is 0.486 e. The molecule has 0 fully saturated rings. The normalized spacial score (nSPS) is 12.4. The van der Waals surface area contributed by atoms with Gasteiger partial charge in [0.25, 0.3) is 11.8 Å². The van der Waals surface area contributed by atoms with Crippen molar-refractivity contribution in [3.8, 4) is 11.5 Å². The van der Waals surface area contributed by atoms with Gasteiger partial charge in [-0.05, 0) is 42.0 Å². The van der Waals surface area contributed by atoms with Crippen LogP contribution in [0, 0.1) is 0 Å². The molecule has 0 atom stereocenters. The van der Waals surface area contributed by atoms with E-state index in [1.54, 1.807) is 0 Å². The summed E-state index contributed by atoms with van der Waals surface area (Å²) in [6, 6.07) is 11.4. The van der Waals surface area contributed by atoms with Gasteiger partial charge in [-0.25, -0.2) is 10.9 Å². The van der Waals surface area contributed by atoms with Gasteiger partial charge in [0.15, 0.2) is 11.5 Å². The van der Waals surface area contributed by atoms with Crippen LogP contribution in [-0.4, -0.2) is 30.2 Å². The molecule has 1 aliphatic rings. The van der Waals surface area contributed by atoms with Gasteiger partial charge in [0, 0.05) is 17.7 Å². The van der Waals surface area contributed by atoms with Gasteiger partial charge in [0.05, 0.1) is 0 Å². The number of fused-ring (bicyclic) bond motifs is 1. The highest BCUT2D eigenvalue weighted by Crippen LogP contribution is 2.30. The molecule has 2 aromatic carbocycles. The summed E-state index contributed by atoms with van der Waals surface area (Å²) in [5.41, 5.74) is 8.51. The third-order valence-corrected chi connectivity index (χ3v) is 3.61. The van der Waals surface area contributed by atoms with E-state index in [1.807, 2.05) is 18.2 Å². The van der Waals surface area contributed by atoms with Crippen molar-refractivity contribution in [2.45, 2.75) is 6.54 Å². The lowest BCUT2D eigenvalue weighted by atomic mass is 10.1. The van der Waals surface area contributed by atoms with E-state index in [0.717, 1.165) is 5.56 Å². The smallest absolute Gasteiger partial charge is 0.274 e. The average molecular weight is 343 g/mol. The Morgan fingerprint density at radius 3 is 2.24 bits per heavy atom. The van der Waals surface area contributed by atoms with Crippen molar-refractivity contribution < 1.29 is 24.3 Å². The molecule has 3 rings (SSSR count). The maximum Gasteiger partial charge on any atom is 0.274 e. The molecule has 0 spiro atoms. The topological polar surface area (TPSA) is 109 Å². The number of hydroxylamine groups is 1. The molecule has 25 heavy (non-hydrogen) atoms. The van der Waals surface area contributed by atoms with Crippen molar-refractivity contribution >= 4 is 11.8 Å². The molecule has 130 valence electrons. The molecule has 0 bridgehead atoms. The Kier molecular flexibility index (Phi) is 5.12. The summed E-state index contributed by atoms with van der Waals surface area (Å²) in [6.07, 6.45) is 0. The van der Waals surface area contributed by atoms with Gasteiger partial charge in [-0.15, -0.1) is 0 Å². The fourth-order valence-corrected chi connectivity index (χ4v) is 2.33. The Morgan fingerprint density at radius 2 is 1.56 bits per heavy atom. The van der Waals surface area contributed by atoms with Gasteiger partial charge in [0.1, 0.15) is 13.2 Å². The summed E-state index contributed by atoms with van der Waals surface area (Å²) >= 11 is 0. The molecule has 0 saturated carbocycles. The second kappa shape index (κ2) is 7.65. The minimum Gasteiger partial charge on any atom is -0.486 e. The zero-order valence-electron chi connectivity index (χ0n) is 13.2. The van der Waals surface area contributed by atoms with Crippen LogP contribution in [0.15, 0.2) is 42.5 Å². The first kappa shape index (κ1) is 16.7. The summed E-state index contributed by atoms with van der Waals surface area (Å²) in [5, 5.41) is 8.56. The summed E-state index contributed by atoms with van der Waals surface area (Å²) in [7, 11) is 0. The monoisotopic (exact) mass is 343 g/mol. The molecule has 1 aliphatic heterocycles. The molecule has 1 heterocycles. The molecule has 8 nitrogen and oxygen atoms in total. The number of nitrogens with one attached hydrogen (secondary N) is 3. The van der Waals surface area contributed by atoms with E-state index in [1.165, 1.54) is 29.7 Å². The quantitative estimate of drug-likeness (QED) is 0.477. The van der Waals surface area contributed by atoms with Gasteiger partial charge >= 0.3 is 0 Å². The van der Waals surface area contributed by atoms with E-state index in [0.29, 0.717) is 36.8 Å².